The highest BCUT2D eigenvalue weighted by Crippen LogP contribution is 2.55. The Hall–Kier alpha value is -9.38. The molecule has 0 unspecified atom stereocenters. The number of anilines is 3. The summed E-state index contributed by atoms with van der Waals surface area (Å²) in [5, 5.41) is 0. The molecular weight excluding hydrogens is 1410 g/mol. The summed E-state index contributed by atoms with van der Waals surface area (Å²) in [7, 11) is 12.6. The molecule has 0 saturated heterocycles. The number of para-hydroxylation sites is 5. The number of hydrogen-bond donors (Lipinski definition) is 0. The van der Waals surface area contributed by atoms with Crippen molar-refractivity contribution in [2.24, 2.45) is 0 Å². The summed E-state index contributed by atoms with van der Waals surface area (Å²) in [4.78, 5) is 20.7. The van der Waals surface area contributed by atoms with Crippen molar-refractivity contribution in [1.82, 2.24) is 29.4 Å². The highest BCUT2D eigenvalue weighted by molar-refractivity contribution is 5.75. The van der Waals surface area contributed by atoms with Gasteiger partial charge in [-0.25, -0.2) is 0 Å². The van der Waals surface area contributed by atoms with E-state index >= 15 is 0 Å². The minimum atomic E-state index is -0.917. The van der Waals surface area contributed by atoms with Gasteiger partial charge < -0.3 is 82.0 Å². The van der Waals surface area contributed by atoms with Gasteiger partial charge in [0.15, 0.2) is 18.2 Å². The van der Waals surface area contributed by atoms with Crippen molar-refractivity contribution in [2.75, 3.05) is 70.4 Å². The second-order valence-electron chi connectivity index (χ2n) is 33.8. The number of hydrogen-bond acceptors (Lipinski definition) is 17. The van der Waals surface area contributed by atoms with Crippen molar-refractivity contribution >= 4 is 17.1 Å². The van der Waals surface area contributed by atoms with E-state index in [0.29, 0.717) is 0 Å². The first-order valence-corrected chi connectivity index (χ1v) is 40.1. The number of aryl methyl sites for hydroxylation is 6. The van der Waals surface area contributed by atoms with Gasteiger partial charge in [-0.2, -0.15) is 0 Å². The molecule has 0 radical (unpaired) electrons. The molecule has 620 valence electrons. The third-order valence-electron chi connectivity index (χ3n) is 24.7. The number of nitrogens with zero attached hydrogens (tertiary/aromatic N) is 9. The summed E-state index contributed by atoms with van der Waals surface area (Å²) in [6.07, 6.45) is 5.91. The molecule has 5 aromatic rings. The highest BCUT2D eigenvalue weighted by atomic mass is 16.7. The van der Waals surface area contributed by atoms with Crippen molar-refractivity contribution in [3.8, 4) is 11.5 Å². The first-order chi connectivity index (χ1) is 52.1. The molecule has 1 fully saturated rings. The van der Waals surface area contributed by atoms with E-state index < -0.39 is 5.79 Å². The third-order valence-corrected chi connectivity index (χ3v) is 24.7. The van der Waals surface area contributed by atoms with Crippen LogP contribution in [0.2, 0.25) is 0 Å². The van der Waals surface area contributed by atoms with E-state index in [0.717, 1.165) is 89.2 Å². The van der Waals surface area contributed by atoms with Crippen LogP contribution in [0.25, 0.3) is 0 Å². The van der Waals surface area contributed by atoms with Gasteiger partial charge in [-0.05, 0) is 278 Å². The topological polar surface area (TPSA) is 103 Å². The number of rotatable bonds is 3. The average molecular weight is 1550 g/mol. The molecule has 0 N–H and O–H groups in total. The lowest BCUT2D eigenvalue weighted by molar-refractivity contribution is -0.173. The SMILES string of the molecule is C.CC1=C(C)N(C)C(C)(C)N1C.CC1=C(C)N(C)C(C)(C)O1.CC1=C(C)N(C)CN1C.CC1=C(C)N(C)CO1.CC1=C(C)N(c2c(C)cccc2C)C(C)(C)N1c1c(C)cccc1C.CC1=C(C)N(c2c(C)cccc2C)C(C)(C)O1.CC1=C(C)OC2(CCCCC2)O1.CC1=C(C)OC2(O1)c1ccccc1Oc1ccccc12. The number of ether oxygens (including phenoxy) is 8. The van der Waals surface area contributed by atoms with E-state index in [1.54, 1.807) is 0 Å². The van der Waals surface area contributed by atoms with E-state index in [9.17, 15) is 0 Å². The lowest BCUT2D eigenvalue weighted by Crippen LogP contribution is -2.51. The van der Waals surface area contributed by atoms with Crippen LogP contribution in [0.5, 0.6) is 11.5 Å². The van der Waals surface area contributed by atoms with Gasteiger partial charge in [0.25, 0.3) is 5.79 Å². The first kappa shape index (κ1) is 90.8. The minimum absolute atomic E-state index is 0. The molecule has 9 heterocycles. The molecule has 1 saturated carbocycles. The lowest BCUT2D eigenvalue weighted by atomic mass is 9.93. The zero-order valence-corrected chi connectivity index (χ0v) is 75.6. The fourth-order valence-electron chi connectivity index (χ4n) is 16.3. The molecular formula is C96H143N9O8. The van der Waals surface area contributed by atoms with E-state index in [-0.39, 0.29) is 36.0 Å². The molecule has 0 bridgehead atoms. The van der Waals surface area contributed by atoms with Crippen molar-refractivity contribution in [2.45, 2.75) is 282 Å². The summed E-state index contributed by atoms with van der Waals surface area (Å²) in [6.45, 7) is 65.6. The molecule has 0 aromatic heterocycles. The minimum Gasteiger partial charge on any atom is -0.476 e. The summed E-state index contributed by atoms with van der Waals surface area (Å²) in [5.74, 6) is 7.01. The van der Waals surface area contributed by atoms with Gasteiger partial charge in [0.2, 0.25) is 0 Å². The normalized spacial score (nSPS) is 19.9. The summed E-state index contributed by atoms with van der Waals surface area (Å²) < 4.78 is 46.4. The van der Waals surface area contributed by atoms with Gasteiger partial charge in [0.1, 0.15) is 63.1 Å². The zero-order chi connectivity index (χ0) is 83.6. The third kappa shape index (κ3) is 18.7. The lowest BCUT2D eigenvalue weighted by Gasteiger charge is -2.44. The predicted molar refractivity (Wildman–Crippen MR) is 469 cm³/mol. The number of benzene rings is 5. The van der Waals surface area contributed by atoms with Crippen LogP contribution in [0.1, 0.15) is 250 Å². The fourth-order valence-corrected chi connectivity index (χ4v) is 16.3. The zero-order valence-electron chi connectivity index (χ0n) is 75.6. The van der Waals surface area contributed by atoms with Gasteiger partial charge in [0, 0.05) is 101 Å². The van der Waals surface area contributed by atoms with Gasteiger partial charge in [-0.1, -0.05) is 92.7 Å². The molecule has 9 aliphatic heterocycles. The summed E-state index contributed by atoms with van der Waals surface area (Å²) >= 11 is 0. The fraction of sp³-hybridized carbons (Fsp3) is 0.521. The van der Waals surface area contributed by atoms with Crippen LogP contribution in [0, 0.1) is 41.5 Å². The van der Waals surface area contributed by atoms with Crippen LogP contribution >= 0.6 is 0 Å². The second-order valence-corrected chi connectivity index (χ2v) is 33.8. The molecule has 17 heteroatoms. The van der Waals surface area contributed by atoms with Crippen molar-refractivity contribution < 1.29 is 37.9 Å². The van der Waals surface area contributed by atoms with Crippen molar-refractivity contribution in [1.29, 1.82) is 0 Å². The van der Waals surface area contributed by atoms with Crippen LogP contribution in [0.15, 0.2) is 195 Å². The van der Waals surface area contributed by atoms with E-state index in [4.69, 9.17) is 37.9 Å². The van der Waals surface area contributed by atoms with Crippen molar-refractivity contribution in [3.05, 3.63) is 239 Å². The van der Waals surface area contributed by atoms with E-state index in [2.05, 4.69) is 286 Å². The average Bonchev–Trinajstić information content (AvgIpc) is 1.63. The van der Waals surface area contributed by atoms with Gasteiger partial charge in [-0.3, -0.25) is 0 Å². The van der Waals surface area contributed by atoms with Crippen molar-refractivity contribution in [3.63, 3.8) is 0 Å². The number of allylic oxidation sites excluding steroid dienone is 16. The molecule has 17 nitrogen and oxygen atoms in total. The predicted octanol–water partition coefficient (Wildman–Crippen LogP) is 24.3. The Morgan fingerprint density at radius 2 is 0.646 bits per heavy atom. The van der Waals surface area contributed by atoms with Crippen LogP contribution < -0.4 is 19.4 Å². The smallest absolute Gasteiger partial charge is 0.312 e. The van der Waals surface area contributed by atoms with E-state index in [1.165, 1.54) is 121 Å². The Labute approximate surface area is 683 Å². The quantitative estimate of drug-likeness (QED) is 0.171. The Morgan fingerprint density at radius 3 is 0.920 bits per heavy atom. The molecule has 5 aromatic carbocycles. The Bertz CT molecular complexity index is 4290. The molecule has 113 heavy (non-hydrogen) atoms. The largest absolute Gasteiger partial charge is 0.476 e. The van der Waals surface area contributed by atoms with Gasteiger partial charge >= 0.3 is 5.79 Å². The van der Waals surface area contributed by atoms with Crippen LogP contribution in [0.3, 0.4) is 0 Å². The Kier molecular flexibility index (Phi) is 28.6. The second kappa shape index (κ2) is 35.6. The van der Waals surface area contributed by atoms with Gasteiger partial charge in [-0.15, -0.1) is 0 Å². The highest BCUT2D eigenvalue weighted by Gasteiger charge is 2.51. The monoisotopic (exact) mass is 1550 g/mol. The van der Waals surface area contributed by atoms with Gasteiger partial charge in [0.05, 0.1) is 40.6 Å². The number of fused-ring (bicyclic) bond motifs is 4. The molecule has 2 spiro atoms. The maximum atomic E-state index is 6.13. The first-order valence-electron chi connectivity index (χ1n) is 40.1. The summed E-state index contributed by atoms with van der Waals surface area (Å²) in [5.41, 5.74) is 25.0. The molecule has 1 aliphatic carbocycles. The van der Waals surface area contributed by atoms with Crippen LogP contribution in [-0.2, 0) is 38.9 Å². The van der Waals surface area contributed by atoms with E-state index in [1.807, 2.05) is 111 Å². The molecule has 0 atom stereocenters. The molecule has 0 amide bonds. The Balaban J connectivity index is 0.000000184. The molecule has 15 rings (SSSR count). The van der Waals surface area contributed by atoms with Crippen LogP contribution in [-0.4, -0.2) is 114 Å². The molecule has 10 aliphatic rings. The Morgan fingerprint density at radius 1 is 0.292 bits per heavy atom. The van der Waals surface area contributed by atoms with Crippen LogP contribution in [0.4, 0.5) is 17.1 Å². The standard InChI is InChI=1S/C23H30N2.C17H14O3.C15H21NO.C10H16O2.C9H18N2.C8H15NO.C7H14N2.C6H11NO.CH4/c1-15-11-9-12-16(2)21(15)24-19(5)20(6)25(23(24,7)8)22-17(3)13-10-14-18(22)4;1-11-12(2)20-17(19-11)13-7-3-5-9-15(13)18-16-10-6-4-8-14(16)17;1-10-8-7-9-11(2)14(10)16-12(3)13(4)17-15(16,5)6;1-8-9(2)12-10(11-8)6-4-3-5-7-10;1-7-8(2)11(6)9(3,4)10(7)5;1-6-7(2)10-8(3,4)9(6)5;1-6-7(2)9(4)5-8(6)3;1-5-6(2)8-4-7(5)3;/h9-14H,1-8H3;3-10H,1-2H3;7-9H,1-6H3;3-7H2,1-2H3;1-6H3;1-5H3;5H2,1-4H3;4H2,1-3H3;1H4. The maximum absolute atomic E-state index is 6.13. The summed E-state index contributed by atoms with van der Waals surface area (Å²) in [6, 6.07) is 35.2. The maximum Gasteiger partial charge on any atom is 0.312 e.